The molecule has 1 aliphatic rings. The van der Waals surface area contributed by atoms with Crippen molar-refractivity contribution in [1.29, 1.82) is 0 Å². The molecule has 2 amide bonds. The van der Waals surface area contributed by atoms with Crippen molar-refractivity contribution in [2.45, 2.75) is 31.7 Å². The highest BCUT2D eigenvalue weighted by Gasteiger charge is 2.38. The van der Waals surface area contributed by atoms with Crippen LogP contribution < -0.4 is 0 Å². The number of hydrogen-bond donors (Lipinski definition) is 1. The van der Waals surface area contributed by atoms with E-state index in [9.17, 15) is 14.7 Å². The number of nitrogens with zero attached hydrogens (tertiary/aromatic N) is 2. The second-order valence-electron chi connectivity index (χ2n) is 7.01. The fourth-order valence-corrected chi connectivity index (χ4v) is 3.57. The van der Waals surface area contributed by atoms with Gasteiger partial charge in [-0.3, -0.25) is 4.90 Å². The number of amides is 2. The Labute approximate surface area is 170 Å². The van der Waals surface area contributed by atoms with Gasteiger partial charge in [-0.15, -0.1) is 0 Å². The summed E-state index contributed by atoms with van der Waals surface area (Å²) in [6.07, 6.45) is -1.36. The van der Waals surface area contributed by atoms with Gasteiger partial charge in [-0.25, -0.2) is 9.59 Å². The van der Waals surface area contributed by atoms with Crippen molar-refractivity contribution in [1.82, 2.24) is 9.80 Å². The Balaban J connectivity index is 1.76. The molecule has 2 atom stereocenters. The van der Waals surface area contributed by atoms with Gasteiger partial charge in [-0.2, -0.15) is 0 Å². The average molecular weight is 398 g/mol. The van der Waals surface area contributed by atoms with Gasteiger partial charge in [0, 0.05) is 20.2 Å². The lowest BCUT2D eigenvalue weighted by molar-refractivity contribution is -0.0347. The van der Waals surface area contributed by atoms with Crippen LogP contribution in [0.25, 0.3) is 0 Å². The van der Waals surface area contributed by atoms with Crippen LogP contribution in [-0.2, 0) is 22.6 Å². The van der Waals surface area contributed by atoms with Crippen LogP contribution >= 0.6 is 0 Å². The number of ether oxygens (including phenoxy) is 2. The van der Waals surface area contributed by atoms with Crippen LogP contribution in [0.3, 0.4) is 0 Å². The highest BCUT2D eigenvalue weighted by atomic mass is 16.6. The van der Waals surface area contributed by atoms with Crippen molar-refractivity contribution >= 4 is 12.2 Å². The van der Waals surface area contributed by atoms with E-state index in [0.29, 0.717) is 19.5 Å². The van der Waals surface area contributed by atoms with Crippen LogP contribution in [0, 0.1) is 0 Å². The van der Waals surface area contributed by atoms with Crippen molar-refractivity contribution in [3.63, 3.8) is 0 Å². The largest absolute Gasteiger partial charge is 0.465 e. The van der Waals surface area contributed by atoms with E-state index in [1.54, 1.807) is 12.0 Å². The fourth-order valence-electron chi connectivity index (χ4n) is 3.57. The second-order valence-corrected chi connectivity index (χ2v) is 7.01. The Hall–Kier alpha value is -3.06. The summed E-state index contributed by atoms with van der Waals surface area (Å²) in [6.45, 7) is 1.10. The lowest BCUT2D eigenvalue weighted by Gasteiger charge is -2.41. The molecular weight excluding hydrogens is 372 g/mol. The molecule has 1 heterocycles. The topological polar surface area (TPSA) is 79.3 Å². The Morgan fingerprint density at radius 3 is 2.28 bits per heavy atom. The lowest BCUT2D eigenvalue weighted by atomic mass is 9.99. The minimum Gasteiger partial charge on any atom is -0.465 e. The predicted octanol–water partition coefficient (Wildman–Crippen LogP) is 3.59. The van der Waals surface area contributed by atoms with Crippen molar-refractivity contribution in [3.05, 3.63) is 71.8 Å². The van der Waals surface area contributed by atoms with Crippen LogP contribution in [-0.4, -0.2) is 59.4 Å². The molecule has 0 saturated carbocycles. The van der Waals surface area contributed by atoms with Crippen molar-refractivity contribution in [2.75, 3.05) is 20.2 Å². The summed E-state index contributed by atoms with van der Waals surface area (Å²) < 4.78 is 11.1. The van der Waals surface area contributed by atoms with Crippen molar-refractivity contribution in [3.8, 4) is 0 Å². The average Bonchev–Trinajstić information content (AvgIpc) is 2.76. The molecule has 7 nitrogen and oxygen atoms in total. The van der Waals surface area contributed by atoms with Crippen LogP contribution in [0.2, 0.25) is 0 Å². The zero-order chi connectivity index (χ0) is 20.6. The number of rotatable bonds is 6. The van der Waals surface area contributed by atoms with Crippen LogP contribution in [0.15, 0.2) is 60.7 Å². The Morgan fingerprint density at radius 2 is 1.69 bits per heavy atom. The maximum absolute atomic E-state index is 13.0. The molecule has 1 N–H and O–H groups in total. The van der Waals surface area contributed by atoms with Gasteiger partial charge in [0.25, 0.3) is 0 Å². The molecule has 0 spiro atoms. The molecule has 154 valence electrons. The molecule has 1 fully saturated rings. The maximum atomic E-state index is 13.0. The first kappa shape index (κ1) is 20.7. The van der Waals surface area contributed by atoms with Gasteiger partial charge in [0.2, 0.25) is 0 Å². The minimum absolute atomic E-state index is 0.177. The van der Waals surface area contributed by atoms with E-state index in [-0.39, 0.29) is 19.2 Å². The van der Waals surface area contributed by atoms with Gasteiger partial charge < -0.3 is 19.5 Å². The van der Waals surface area contributed by atoms with Gasteiger partial charge in [-0.05, 0) is 17.5 Å². The zero-order valence-electron chi connectivity index (χ0n) is 16.4. The molecule has 2 aromatic carbocycles. The van der Waals surface area contributed by atoms with Gasteiger partial charge in [0.05, 0.1) is 18.7 Å². The summed E-state index contributed by atoms with van der Waals surface area (Å²) in [4.78, 5) is 27.3. The molecular formula is C22H26N2O5. The van der Waals surface area contributed by atoms with E-state index in [4.69, 9.17) is 9.47 Å². The molecule has 2 unspecified atom stereocenters. The maximum Gasteiger partial charge on any atom is 0.410 e. The Kier molecular flexibility index (Phi) is 7.08. The molecule has 2 aromatic rings. The van der Waals surface area contributed by atoms with E-state index in [2.05, 4.69) is 0 Å². The third-order valence-corrected chi connectivity index (χ3v) is 5.13. The molecule has 0 aromatic heterocycles. The SMILES string of the molecule is COC1CN(C(=O)O)CCC1N(Cc1ccccc1)C(=O)OCc1ccccc1. The number of piperidine rings is 1. The summed E-state index contributed by atoms with van der Waals surface area (Å²) in [7, 11) is 1.54. The fraction of sp³-hybridized carbons (Fsp3) is 0.364. The summed E-state index contributed by atoms with van der Waals surface area (Å²) in [5.74, 6) is 0. The first-order valence-corrected chi connectivity index (χ1v) is 9.60. The third kappa shape index (κ3) is 5.48. The van der Waals surface area contributed by atoms with E-state index < -0.39 is 18.3 Å². The van der Waals surface area contributed by atoms with Gasteiger partial charge in [-0.1, -0.05) is 60.7 Å². The van der Waals surface area contributed by atoms with E-state index >= 15 is 0 Å². The number of carbonyl (C=O) groups excluding carboxylic acids is 1. The number of carbonyl (C=O) groups is 2. The van der Waals surface area contributed by atoms with Crippen LogP contribution in [0.5, 0.6) is 0 Å². The number of benzene rings is 2. The second kappa shape index (κ2) is 9.93. The first-order chi connectivity index (χ1) is 14.1. The molecule has 3 rings (SSSR count). The molecule has 0 bridgehead atoms. The van der Waals surface area contributed by atoms with Crippen LogP contribution in [0.4, 0.5) is 9.59 Å². The van der Waals surface area contributed by atoms with Gasteiger partial charge in [0.1, 0.15) is 6.61 Å². The number of likely N-dealkylation sites (tertiary alicyclic amines) is 1. The summed E-state index contributed by atoms with van der Waals surface area (Å²) >= 11 is 0. The smallest absolute Gasteiger partial charge is 0.410 e. The van der Waals surface area contributed by atoms with Gasteiger partial charge in [0.15, 0.2) is 0 Å². The van der Waals surface area contributed by atoms with E-state index in [1.165, 1.54) is 4.90 Å². The van der Waals surface area contributed by atoms with Crippen LogP contribution in [0.1, 0.15) is 17.5 Å². The molecule has 29 heavy (non-hydrogen) atoms. The molecule has 0 radical (unpaired) electrons. The summed E-state index contributed by atoms with van der Waals surface area (Å²) in [5.41, 5.74) is 1.88. The number of carboxylic acid groups (broad SMARTS) is 1. The predicted molar refractivity (Wildman–Crippen MR) is 107 cm³/mol. The molecule has 0 aliphatic carbocycles. The quantitative estimate of drug-likeness (QED) is 0.804. The van der Waals surface area contributed by atoms with E-state index in [1.807, 2.05) is 60.7 Å². The molecule has 1 aliphatic heterocycles. The minimum atomic E-state index is -0.980. The zero-order valence-corrected chi connectivity index (χ0v) is 16.4. The molecule has 1 saturated heterocycles. The highest BCUT2D eigenvalue weighted by Crippen LogP contribution is 2.23. The summed E-state index contributed by atoms with van der Waals surface area (Å²) in [5, 5.41) is 9.30. The van der Waals surface area contributed by atoms with Crippen molar-refractivity contribution in [2.24, 2.45) is 0 Å². The van der Waals surface area contributed by atoms with E-state index in [0.717, 1.165) is 11.1 Å². The van der Waals surface area contributed by atoms with Gasteiger partial charge >= 0.3 is 12.2 Å². The lowest BCUT2D eigenvalue weighted by Crippen LogP contribution is -2.57. The number of methoxy groups -OCH3 is 1. The first-order valence-electron chi connectivity index (χ1n) is 9.60. The third-order valence-electron chi connectivity index (χ3n) is 5.13. The standard InChI is InChI=1S/C22H26N2O5/c1-28-20-15-23(21(25)26)13-12-19(20)24(14-17-8-4-2-5-9-17)22(27)29-16-18-10-6-3-7-11-18/h2-11,19-20H,12-16H2,1H3,(H,25,26). The van der Waals surface area contributed by atoms with Crippen molar-refractivity contribution < 1.29 is 24.2 Å². The molecule has 7 heteroatoms. The Bertz CT molecular complexity index is 799. The highest BCUT2D eigenvalue weighted by molar-refractivity contribution is 5.69. The Morgan fingerprint density at radius 1 is 1.07 bits per heavy atom. The summed E-state index contributed by atoms with van der Waals surface area (Å²) in [6, 6.07) is 18.9. The monoisotopic (exact) mass is 398 g/mol. The number of hydrogen-bond acceptors (Lipinski definition) is 4. The normalized spacial score (nSPS) is 18.9.